The standard InChI is InChI=1S/C24H23N3O3/c1-17-2-7-22-21(14-17)27(24(29)16-30-22)13-10-23(28)26-20-5-3-18(4-6-20)15-19-8-11-25-12-9-19/h2-9,11-12,14H,10,13,15-16H2,1H3,(H,26,28). The van der Waals surface area contributed by atoms with E-state index in [0.29, 0.717) is 12.3 Å². The first kappa shape index (κ1) is 19.6. The summed E-state index contributed by atoms with van der Waals surface area (Å²) >= 11 is 0. The van der Waals surface area contributed by atoms with Crippen LogP contribution in [0.5, 0.6) is 5.75 Å². The molecule has 30 heavy (non-hydrogen) atoms. The van der Waals surface area contributed by atoms with Crippen LogP contribution in [0.2, 0.25) is 0 Å². The van der Waals surface area contributed by atoms with Crippen LogP contribution >= 0.6 is 0 Å². The number of hydrogen-bond donors (Lipinski definition) is 1. The molecule has 2 aromatic carbocycles. The molecular weight excluding hydrogens is 378 g/mol. The van der Waals surface area contributed by atoms with Crippen LogP contribution in [0.25, 0.3) is 0 Å². The summed E-state index contributed by atoms with van der Waals surface area (Å²) in [6.07, 6.45) is 4.58. The van der Waals surface area contributed by atoms with E-state index in [0.717, 1.165) is 28.9 Å². The summed E-state index contributed by atoms with van der Waals surface area (Å²) in [4.78, 5) is 30.4. The zero-order chi connectivity index (χ0) is 20.9. The number of hydrogen-bond acceptors (Lipinski definition) is 4. The average Bonchev–Trinajstić information content (AvgIpc) is 2.75. The van der Waals surface area contributed by atoms with Crippen LogP contribution in [0, 0.1) is 6.92 Å². The Bertz CT molecular complexity index is 1050. The third kappa shape index (κ3) is 4.66. The number of benzene rings is 2. The topological polar surface area (TPSA) is 71.5 Å². The highest BCUT2D eigenvalue weighted by atomic mass is 16.5. The first-order valence-electron chi connectivity index (χ1n) is 9.90. The number of aryl methyl sites for hydroxylation is 1. The van der Waals surface area contributed by atoms with Crippen molar-refractivity contribution in [3.8, 4) is 5.75 Å². The van der Waals surface area contributed by atoms with E-state index in [2.05, 4.69) is 10.3 Å². The molecule has 0 unspecified atom stereocenters. The summed E-state index contributed by atoms with van der Waals surface area (Å²) in [5.41, 5.74) is 4.84. The van der Waals surface area contributed by atoms with Crippen LogP contribution in [-0.4, -0.2) is 29.9 Å². The van der Waals surface area contributed by atoms with Crippen molar-refractivity contribution in [1.29, 1.82) is 0 Å². The third-order valence-corrected chi connectivity index (χ3v) is 5.02. The Morgan fingerprint density at radius 1 is 1.07 bits per heavy atom. The van der Waals surface area contributed by atoms with E-state index in [1.807, 2.05) is 61.5 Å². The van der Waals surface area contributed by atoms with Gasteiger partial charge in [-0.1, -0.05) is 18.2 Å². The number of carbonyl (C=O) groups excluding carboxylic acids is 2. The number of rotatable bonds is 6. The molecule has 0 atom stereocenters. The number of pyridine rings is 1. The molecule has 0 spiro atoms. The molecule has 6 heteroatoms. The van der Waals surface area contributed by atoms with Crippen molar-refractivity contribution in [2.24, 2.45) is 0 Å². The molecule has 0 fully saturated rings. The van der Waals surface area contributed by atoms with Crippen molar-refractivity contribution in [2.45, 2.75) is 19.8 Å². The molecular formula is C24H23N3O3. The number of carbonyl (C=O) groups is 2. The Morgan fingerprint density at radius 2 is 1.80 bits per heavy atom. The molecule has 1 aliphatic heterocycles. The SMILES string of the molecule is Cc1ccc2c(c1)N(CCC(=O)Nc1ccc(Cc3ccncc3)cc1)C(=O)CO2. The summed E-state index contributed by atoms with van der Waals surface area (Å²) in [5, 5.41) is 2.90. The minimum atomic E-state index is -0.138. The molecule has 3 aromatic rings. The fourth-order valence-electron chi connectivity index (χ4n) is 3.44. The van der Waals surface area contributed by atoms with Gasteiger partial charge in [0.15, 0.2) is 6.61 Å². The van der Waals surface area contributed by atoms with E-state index in [1.54, 1.807) is 17.3 Å². The van der Waals surface area contributed by atoms with Crippen LogP contribution in [0.1, 0.15) is 23.1 Å². The van der Waals surface area contributed by atoms with E-state index < -0.39 is 0 Å². The summed E-state index contributed by atoms with van der Waals surface area (Å²) in [5.74, 6) is 0.400. The molecule has 0 radical (unpaired) electrons. The first-order chi connectivity index (χ1) is 14.6. The molecule has 152 valence electrons. The molecule has 0 bridgehead atoms. The predicted octanol–water partition coefficient (Wildman–Crippen LogP) is 3.74. The smallest absolute Gasteiger partial charge is 0.265 e. The highest BCUT2D eigenvalue weighted by Gasteiger charge is 2.25. The van der Waals surface area contributed by atoms with E-state index in [9.17, 15) is 9.59 Å². The van der Waals surface area contributed by atoms with E-state index in [4.69, 9.17) is 4.74 Å². The van der Waals surface area contributed by atoms with Crippen LogP contribution in [0.4, 0.5) is 11.4 Å². The maximum Gasteiger partial charge on any atom is 0.265 e. The van der Waals surface area contributed by atoms with Gasteiger partial charge >= 0.3 is 0 Å². The number of anilines is 2. The lowest BCUT2D eigenvalue weighted by molar-refractivity contribution is -0.121. The Balaban J connectivity index is 1.34. The van der Waals surface area contributed by atoms with Gasteiger partial charge in [-0.15, -0.1) is 0 Å². The number of aromatic nitrogens is 1. The molecule has 0 saturated heterocycles. The predicted molar refractivity (Wildman–Crippen MR) is 116 cm³/mol. The molecule has 2 amide bonds. The second kappa shape index (κ2) is 8.78. The number of nitrogens with one attached hydrogen (secondary N) is 1. The highest BCUT2D eigenvalue weighted by molar-refractivity contribution is 5.99. The van der Waals surface area contributed by atoms with E-state index >= 15 is 0 Å². The van der Waals surface area contributed by atoms with Gasteiger partial charge in [0.1, 0.15) is 5.75 Å². The monoisotopic (exact) mass is 401 g/mol. The molecule has 0 aliphatic carbocycles. The summed E-state index contributed by atoms with van der Waals surface area (Å²) < 4.78 is 5.48. The van der Waals surface area contributed by atoms with Gasteiger partial charge in [0.25, 0.3) is 5.91 Å². The van der Waals surface area contributed by atoms with Gasteiger partial charge in [-0.2, -0.15) is 0 Å². The lowest BCUT2D eigenvalue weighted by atomic mass is 10.1. The number of ether oxygens (including phenoxy) is 1. The van der Waals surface area contributed by atoms with Crippen molar-refractivity contribution >= 4 is 23.2 Å². The van der Waals surface area contributed by atoms with Gasteiger partial charge in [-0.05, 0) is 66.4 Å². The Kier molecular flexibility index (Phi) is 5.75. The molecule has 1 aliphatic rings. The minimum Gasteiger partial charge on any atom is -0.482 e. The highest BCUT2D eigenvalue weighted by Crippen LogP contribution is 2.32. The maximum atomic E-state index is 12.4. The van der Waals surface area contributed by atoms with Gasteiger partial charge in [-0.25, -0.2) is 0 Å². The third-order valence-electron chi connectivity index (χ3n) is 5.02. The molecule has 4 rings (SSSR count). The quantitative estimate of drug-likeness (QED) is 0.683. The van der Waals surface area contributed by atoms with Crippen LogP contribution in [0.3, 0.4) is 0 Å². The molecule has 1 N–H and O–H groups in total. The number of amides is 2. The normalized spacial score (nSPS) is 12.8. The Hall–Kier alpha value is -3.67. The number of nitrogens with zero attached hydrogens (tertiary/aromatic N) is 2. The molecule has 6 nitrogen and oxygen atoms in total. The van der Waals surface area contributed by atoms with Gasteiger partial charge in [0.2, 0.25) is 5.91 Å². The van der Waals surface area contributed by atoms with E-state index in [1.165, 1.54) is 5.56 Å². The van der Waals surface area contributed by atoms with Crippen molar-refractivity contribution in [3.63, 3.8) is 0 Å². The second-order valence-electron chi connectivity index (χ2n) is 7.33. The van der Waals surface area contributed by atoms with Gasteiger partial charge in [0, 0.05) is 31.0 Å². The largest absolute Gasteiger partial charge is 0.482 e. The van der Waals surface area contributed by atoms with Gasteiger partial charge in [-0.3, -0.25) is 14.6 Å². The lowest BCUT2D eigenvalue weighted by Gasteiger charge is -2.29. The second-order valence-corrected chi connectivity index (χ2v) is 7.33. The molecule has 1 aromatic heterocycles. The summed E-state index contributed by atoms with van der Waals surface area (Å²) in [6, 6.07) is 17.5. The van der Waals surface area contributed by atoms with Crippen LogP contribution in [-0.2, 0) is 16.0 Å². The maximum absolute atomic E-state index is 12.4. The Morgan fingerprint density at radius 3 is 2.57 bits per heavy atom. The zero-order valence-corrected chi connectivity index (χ0v) is 16.8. The fourth-order valence-corrected chi connectivity index (χ4v) is 3.44. The molecule has 0 saturated carbocycles. The lowest BCUT2D eigenvalue weighted by Crippen LogP contribution is -2.40. The van der Waals surface area contributed by atoms with E-state index in [-0.39, 0.29) is 24.8 Å². The Labute approximate surface area is 175 Å². The fraction of sp³-hybridized carbons (Fsp3) is 0.208. The average molecular weight is 401 g/mol. The summed E-state index contributed by atoms with van der Waals surface area (Å²) in [7, 11) is 0. The van der Waals surface area contributed by atoms with Crippen LogP contribution < -0.4 is 15.0 Å². The zero-order valence-electron chi connectivity index (χ0n) is 16.8. The summed E-state index contributed by atoms with van der Waals surface area (Å²) in [6.45, 7) is 2.27. The van der Waals surface area contributed by atoms with Crippen molar-refractivity contribution in [2.75, 3.05) is 23.4 Å². The number of fused-ring (bicyclic) bond motifs is 1. The van der Waals surface area contributed by atoms with Crippen molar-refractivity contribution in [3.05, 3.63) is 83.7 Å². The van der Waals surface area contributed by atoms with Gasteiger partial charge < -0.3 is 15.0 Å². The van der Waals surface area contributed by atoms with Crippen LogP contribution in [0.15, 0.2) is 67.0 Å². The van der Waals surface area contributed by atoms with Crippen molar-refractivity contribution in [1.82, 2.24) is 4.98 Å². The molecule has 2 heterocycles. The van der Waals surface area contributed by atoms with Gasteiger partial charge in [0.05, 0.1) is 5.69 Å². The minimum absolute atomic E-state index is 0.00335. The first-order valence-corrected chi connectivity index (χ1v) is 9.90. The van der Waals surface area contributed by atoms with Crippen molar-refractivity contribution < 1.29 is 14.3 Å².